The van der Waals surface area contributed by atoms with Gasteiger partial charge in [-0.25, -0.2) is 4.79 Å². The number of piperazine rings is 1. The lowest BCUT2D eigenvalue weighted by atomic mass is 9.85. The number of nitrogens with one attached hydrogen (secondary N) is 2. The molecule has 0 bridgehead atoms. The van der Waals surface area contributed by atoms with Crippen LogP contribution in [0.3, 0.4) is 0 Å². The summed E-state index contributed by atoms with van der Waals surface area (Å²) in [7, 11) is 0. The van der Waals surface area contributed by atoms with Crippen molar-refractivity contribution in [1.29, 1.82) is 0 Å². The Balaban J connectivity index is 1.37. The van der Waals surface area contributed by atoms with Crippen molar-refractivity contribution >= 4 is 29.2 Å². The number of hydrogen-bond donors (Lipinski definition) is 2. The van der Waals surface area contributed by atoms with E-state index in [1.807, 2.05) is 30.9 Å². The molecule has 1 unspecified atom stereocenters. The second-order valence-electron chi connectivity index (χ2n) is 9.64. The molecule has 0 radical (unpaired) electrons. The van der Waals surface area contributed by atoms with Crippen LogP contribution in [-0.2, 0) is 6.54 Å². The van der Waals surface area contributed by atoms with Gasteiger partial charge in [-0.05, 0) is 74.9 Å². The Morgan fingerprint density at radius 1 is 1.18 bits per heavy atom. The average molecular weight is 484 g/mol. The molecule has 2 aliphatic rings. The van der Waals surface area contributed by atoms with Crippen molar-refractivity contribution in [3.8, 4) is 0 Å². The van der Waals surface area contributed by atoms with Crippen molar-refractivity contribution in [2.24, 2.45) is 5.92 Å². The highest BCUT2D eigenvalue weighted by atomic mass is 35.5. The van der Waals surface area contributed by atoms with Crippen LogP contribution in [0.1, 0.15) is 53.4 Å². The number of carbonyl (C=O) groups excluding carboxylic acids is 2. The standard InChI is InChI=1S/C26H34ClN5O2/c1-17-7-8-21(14-28-17)25(33)30-24-12-23(27)11-22(19(24)3)16-31-9-10-32(18(2)15-31)26(34)29-13-20-5-4-6-20/h7-8,11-12,14,18,20H,4-6,9-10,13,15-16H2,1-3H3,(H,29,34)(H,30,33). The molecule has 1 aromatic carbocycles. The zero-order valence-electron chi connectivity index (χ0n) is 20.2. The summed E-state index contributed by atoms with van der Waals surface area (Å²) in [4.78, 5) is 33.8. The van der Waals surface area contributed by atoms with Gasteiger partial charge in [0.2, 0.25) is 0 Å². The molecule has 2 fully saturated rings. The fraction of sp³-hybridized carbons (Fsp3) is 0.500. The number of pyridine rings is 1. The molecule has 2 N–H and O–H groups in total. The van der Waals surface area contributed by atoms with E-state index in [0.29, 0.717) is 35.3 Å². The maximum Gasteiger partial charge on any atom is 0.317 e. The van der Waals surface area contributed by atoms with Crippen molar-refractivity contribution in [3.63, 3.8) is 0 Å². The fourth-order valence-electron chi connectivity index (χ4n) is 4.58. The van der Waals surface area contributed by atoms with Gasteiger partial charge in [-0.15, -0.1) is 0 Å². The highest BCUT2D eigenvalue weighted by Gasteiger charge is 2.28. The zero-order valence-corrected chi connectivity index (χ0v) is 21.0. The number of benzene rings is 1. The van der Waals surface area contributed by atoms with Gasteiger partial charge in [0.05, 0.1) is 5.56 Å². The smallest absolute Gasteiger partial charge is 0.317 e. The molecule has 182 valence electrons. The molecule has 1 aliphatic heterocycles. The summed E-state index contributed by atoms with van der Waals surface area (Å²) in [5.41, 5.74) is 4.14. The second kappa shape index (κ2) is 10.7. The third-order valence-electron chi connectivity index (χ3n) is 7.03. The van der Waals surface area contributed by atoms with Crippen LogP contribution in [-0.4, -0.2) is 58.9 Å². The summed E-state index contributed by atoms with van der Waals surface area (Å²) in [6.45, 7) is 9.77. The Bertz CT molecular complexity index is 1040. The highest BCUT2D eigenvalue weighted by Crippen LogP contribution is 2.28. The SMILES string of the molecule is Cc1ccc(C(=O)Nc2cc(Cl)cc(CN3CCN(C(=O)NCC4CCC4)C(C)C3)c2C)cn1. The number of anilines is 1. The zero-order chi connectivity index (χ0) is 24.2. The molecule has 2 aromatic rings. The molecule has 0 spiro atoms. The van der Waals surface area contributed by atoms with Gasteiger partial charge in [-0.2, -0.15) is 0 Å². The van der Waals surface area contributed by atoms with Crippen LogP contribution in [0, 0.1) is 19.8 Å². The van der Waals surface area contributed by atoms with Crippen LogP contribution in [0.25, 0.3) is 0 Å². The third kappa shape index (κ3) is 5.88. The monoisotopic (exact) mass is 483 g/mol. The van der Waals surface area contributed by atoms with Crippen LogP contribution >= 0.6 is 11.6 Å². The summed E-state index contributed by atoms with van der Waals surface area (Å²) in [6.07, 6.45) is 5.32. The number of amides is 3. The minimum absolute atomic E-state index is 0.0496. The van der Waals surface area contributed by atoms with E-state index < -0.39 is 0 Å². The van der Waals surface area contributed by atoms with E-state index in [1.165, 1.54) is 19.3 Å². The number of carbonyl (C=O) groups is 2. The van der Waals surface area contributed by atoms with Crippen LogP contribution in [0.15, 0.2) is 30.5 Å². The first-order valence-electron chi connectivity index (χ1n) is 12.1. The number of rotatable bonds is 6. The minimum atomic E-state index is -0.209. The molecule has 4 rings (SSSR count). The molecule has 1 aromatic heterocycles. The predicted octanol–water partition coefficient (Wildman–Crippen LogP) is 4.62. The van der Waals surface area contributed by atoms with Gasteiger partial charge < -0.3 is 15.5 Å². The summed E-state index contributed by atoms with van der Waals surface area (Å²) in [5, 5.41) is 6.68. The molecule has 1 saturated carbocycles. The van der Waals surface area contributed by atoms with E-state index in [4.69, 9.17) is 11.6 Å². The molecule has 1 aliphatic carbocycles. The number of aryl methyl sites for hydroxylation is 1. The summed E-state index contributed by atoms with van der Waals surface area (Å²) in [6, 6.07) is 7.51. The summed E-state index contributed by atoms with van der Waals surface area (Å²) < 4.78 is 0. The average Bonchev–Trinajstić information content (AvgIpc) is 2.76. The Hall–Kier alpha value is -2.64. The Morgan fingerprint density at radius 2 is 1.97 bits per heavy atom. The van der Waals surface area contributed by atoms with Gasteiger partial charge in [0, 0.05) is 61.4 Å². The van der Waals surface area contributed by atoms with Crippen LogP contribution in [0.2, 0.25) is 5.02 Å². The van der Waals surface area contributed by atoms with Crippen molar-refractivity contribution in [1.82, 2.24) is 20.1 Å². The number of halogens is 1. The van der Waals surface area contributed by atoms with Gasteiger partial charge in [0.25, 0.3) is 5.91 Å². The van der Waals surface area contributed by atoms with Crippen LogP contribution in [0.5, 0.6) is 0 Å². The molecule has 7 nitrogen and oxygen atoms in total. The normalized spacial score (nSPS) is 18.9. The maximum atomic E-state index is 12.7. The van der Waals surface area contributed by atoms with E-state index in [0.717, 1.165) is 36.5 Å². The molecule has 2 heterocycles. The van der Waals surface area contributed by atoms with E-state index in [2.05, 4.69) is 27.4 Å². The number of urea groups is 1. The van der Waals surface area contributed by atoms with E-state index in [-0.39, 0.29) is 18.0 Å². The van der Waals surface area contributed by atoms with Crippen molar-refractivity contribution in [2.75, 3.05) is 31.5 Å². The molecular weight excluding hydrogens is 450 g/mol. The lowest BCUT2D eigenvalue weighted by Crippen LogP contribution is -2.56. The number of aromatic nitrogens is 1. The molecule has 34 heavy (non-hydrogen) atoms. The van der Waals surface area contributed by atoms with E-state index >= 15 is 0 Å². The largest absolute Gasteiger partial charge is 0.338 e. The fourth-order valence-corrected chi connectivity index (χ4v) is 4.82. The molecular formula is C26H34ClN5O2. The van der Waals surface area contributed by atoms with Crippen LogP contribution < -0.4 is 10.6 Å². The Kier molecular flexibility index (Phi) is 7.73. The van der Waals surface area contributed by atoms with E-state index in [9.17, 15) is 9.59 Å². The van der Waals surface area contributed by atoms with Crippen molar-refractivity contribution in [3.05, 3.63) is 57.9 Å². The van der Waals surface area contributed by atoms with Crippen molar-refractivity contribution in [2.45, 2.75) is 52.6 Å². The van der Waals surface area contributed by atoms with Gasteiger partial charge in [-0.1, -0.05) is 18.0 Å². The molecule has 8 heteroatoms. The molecule has 1 saturated heterocycles. The highest BCUT2D eigenvalue weighted by molar-refractivity contribution is 6.31. The summed E-state index contributed by atoms with van der Waals surface area (Å²) in [5.74, 6) is 0.447. The molecule has 1 atom stereocenters. The summed E-state index contributed by atoms with van der Waals surface area (Å²) >= 11 is 6.42. The Labute approximate surface area is 206 Å². The number of hydrogen-bond acceptors (Lipinski definition) is 4. The van der Waals surface area contributed by atoms with Gasteiger partial charge in [-0.3, -0.25) is 14.7 Å². The van der Waals surface area contributed by atoms with Gasteiger partial charge in [0.15, 0.2) is 0 Å². The van der Waals surface area contributed by atoms with Crippen LogP contribution in [0.4, 0.5) is 10.5 Å². The first-order chi connectivity index (χ1) is 16.3. The quantitative estimate of drug-likeness (QED) is 0.628. The first kappa shape index (κ1) is 24.5. The van der Waals surface area contributed by atoms with Crippen molar-refractivity contribution < 1.29 is 9.59 Å². The molecule has 3 amide bonds. The van der Waals surface area contributed by atoms with Gasteiger partial charge >= 0.3 is 6.03 Å². The lowest BCUT2D eigenvalue weighted by Gasteiger charge is -2.40. The second-order valence-corrected chi connectivity index (χ2v) is 10.1. The maximum absolute atomic E-state index is 12.7. The number of nitrogens with zero attached hydrogens (tertiary/aromatic N) is 3. The lowest BCUT2D eigenvalue weighted by molar-refractivity contribution is 0.0961. The topological polar surface area (TPSA) is 77.6 Å². The minimum Gasteiger partial charge on any atom is -0.338 e. The Morgan fingerprint density at radius 3 is 2.62 bits per heavy atom. The predicted molar refractivity (Wildman–Crippen MR) is 135 cm³/mol. The third-order valence-corrected chi connectivity index (χ3v) is 7.25. The van der Waals surface area contributed by atoms with E-state index in [1.54, 1.807) is 18.3 Å². The van der Waals surface area contributed by atoms with Gasteiger partial charge in [0.1, 0.15) is 0 Å². The first-order valence-corrected chi connectivity index (χ1v) is 12.5.